The van der Waals surface area contributed by atoms with Gasteiger partial charge in [-0.2, -0.15) is 0 Å². The van der Waals surface area contributed by atoms with Crippen LogP contribution in [0.4, 0.5) is 0 Å². The van der Waals surface area contributed by atoms with Gasteiger partial charge in [0.05, 0.1) is 6.04 Å². The van der Waals surface area contributed by atoms with Crippen molar-refractivity contribution in [3.8, 4) is 0 Å². The van der Waals surface area contributed by atoms with E-state index in [-0.39, 0.29) is 12.4 Å². The second kappa shape index (κ2) is 3.28. The number of rotatable bonds is 1. The van der Waals surface area contributed by atoms with Crippen LogP contribution in [0.1, 0.15) is 24.0 Å². The lowest BCUT2D eigenvalue weighted by atomic mass is 10.1. The van der Waals surface area contributed by atoms with E-state index in [9.17, 15) is 0 Å². The van der Waals surface area contributed by atoms with Crippen LogP contribution in [0.3, 0.4) is 0 Å². The van der Waals surface area contributed by atoms with Crippen LogP contribution in [0, 0.1) is 6.92 Å². The summed E-state index contributed by atoms with van der Waals surface area (Å²) < 4.78 is 5.42. The van der Waals surface area contributed by atoms with Crippen LogP contribution in [0.2, 0.25) is 0 Å². The van der Waals surface area contributed by atoms with Crippen LogP contribution < -0.4 is 5.32 Å². The zero-order valence-corrected chi connectivity index (χ0v) is 7.28. The lowest BCUT2D eigenvalue weighted by Gasteiger charge is -2.25. The Kier molecular flexibility index (Phi) is 2.58. The number of nitrogens with one attached hydrogen (secondary N) is 1. The molecule has 0 radical (unpaired) electrons. The molecule has 0 unspecified atom stereocenters. The van der Waals surface area contributed by atoms with Crippen molar-refractivity contribution >= 4 is 12.4 Å². The molecular weight excluding hydrogens is 162 g/mol. The average molecular weight is 174 g/mol. The van der Waals surface area contributed by atoms with E-state index in [2.05, 4.69) is 5.32 Å². The summed E-state index contributed by atoms with van der Waals surface area (Å²) in [5.41, 5.74) is 0. The third-order valence-electron chi connectivity index (χ3n) is 1.93. The molecule has 1 aliphatic rings. The van der Waals surface area contributed by atoms with E-state index in [1.165, 1.54) is 6.42 Å². The molecule has 1 fully saturated rings. The summed E-state index contributed by atoms with van der Waals surface area (Å²) in [6, 6.07) is 4.55. The van der Waals surface area contributed by atoms with Crippen LogP contribution >= 0.6 is 12.4 Å². The van der Waals surface area contributed by atoms with Crippen molar-refractivity contribution in [3.63, 3.8) is 0 Å². The molecule has 62 valence electrons. The van der Waals surface area contributed by atoms with E-state index in [0.717, 1.165) is 18.1 Å². The zero-order chi connectivity index (χ0) is 6.97. The summed E-state index contributed by atoms with van der Waals surface area (Å²) in [5.74, 6) is 2.09. The molecule has 1 N–H and O–H groups in total. The highest BCUT2D eigenvalue weighted by Gasteiger charge is 2.20. The van der Waals surface area contributed by atoms with Gasteiger partial charge in [-0.1, -0.05) is 0 Å². The number of hydrogen-bond donors (Lipinski definition) is 1. The van der Waals surface area contributed by atoms with Crippen LogP contribution in [0.25, 0.3) is 0 Å². The van der Waals surface area contributed by atoms with Gasteiger partial charge in [0.25, 0.3) is 0 Å². The molecule has 3 heteroatoms. The fourth-order valence-corrected chi connectivity index (χ4v) is 1.17. The molecule has 2 nitrogen and oxygen atoms in total. The third kappa shape index (κ3) is 1.57. The fourth-order valence-electron chi connectivity index (χ4n) is 1.17. The van der Waals surface area contributed by atoms with E-state index in [1.807, 2.05) is 19.1 Å². The molecule has 2 heterocycles. The maximum Gasteiger partial charge on any atom is 0.121 e. The Hall–Kier alpha value is -0.470. The largest absolute Gasteiger partial charge is 0.465 e. The van der Waals surface area contributed by atoms with Crippen molar-refractivity contribution < 1.29 is 4.42 Å². The Bertz CT molecular complexity index is 230. The highest BCUT2D eigenvalue weighted by molar-refractivity contribution is 5.85. The second-order valence-electron chi connectivity index (χ2n) is 2.74. The fraction of sp³-hybridized carbons (Fsp3) is 0.500. The van der Waals surface area contributed by atoms with Crippen molar-refractivity contribution in [2.24, 2.45) is 0 Å². The summed E-state index contributed by atoms with van der Waals surface area (Å²) in [4.78, 5) is 0. The number of hydrogen-bond acceptors (Lipinski definition) is 2. The molecular formula is C8H12ClNO. The van der Waals surface area contributed by atoms with Gasteiger partial charge < -0.3 is 9.73 Å². The number of halogens is 1. The normalized spacial score (nSPS) is 22.1. The van der Waals surface area contributed by atoms with Crippen LogP contribution in [-0.4, -0.2) is 6.54 Å². The number of aryl methyl sites for hydroxylation is 1. The molecule has 1 atom stereocenters. The van der Waals surface area contributed by atoms with Crippen LogP contribution in [0.5, 0.6) is 0 Å². The van der Waals surface area contributed by atoms with Gasteiger partial charge in [0.15, 0.2) is 0 Å². The van der Waals surface area contributed by atoms with E-state index >= 15 is 0 Å². The molecule has 0 aliphatic carbocycles. The Morgan fingerprint density at radius 2 is 2.27 bits per heavy atom. The maximum atomic E-state index is 5.42. The van der Waals surface area contributed by atoms with Gasteiger partial charge in [-0.15, -0.1) is 12.4 Å². The minimum absolute atomic E-state index is 0. The summed E-state index contributed by atoms with van der Waals surface area (Å²) in [6.07, 6.45) is 1.22. The quantitative estimate of drug-likeness (QED) is 0.703. The van der Waals surface area contributed by atoms with Gasteiger partial charge in [0.1, 0.15) is 11.5 Å². The molecule has 0 saturated carbocycles. The van der Waals surface area contributed by atoms with E-state index in [0.29, 0.717) is 6.04 Å². The van der Waals surface area contributed by atoms with Gasteiger partial charge in [-0.3, -0.25) is 0 Å². The highest BCUT2D eigenvalue weighted by atomic mass is 35.5. The van der Waals surface area contributed by atoms with Gasteiger partial charge in [0.2, 0.25) is 0 Å². The molecule has 11 heavy (non-hydrogen) atoms. The smallest absolute Gasteiger partial charge is 0.121 e. The lowest BCUT2D eigenvalue weighted by molar-refractivity contribution is 0.314. The van der Waals surface area contributed by atoms with Crippen LogP contribution in [0.15, 0.2) is 16.5 Å². The minimum Gasteiger partial charge on any atom is -0.465 e. The van der Waals surface area contributed by atoms with E-state index < -0.39 is 0 Å². The minimum atomic E-state index is 0. The maximum absolute atomic E-state index is 5.42. The Morgan fingerprint density at radius 3 is 2.64 bits per heavy atom. The monoisotopic (exact) mass is 173 g/mol. The molecule has 1 aliphatic heterocycles. The van der Waals surface area contributed by atoms with Gasteiger partial charge in [-0.05, 0) is 32.0 Å². The third-order valence-corrected chi connectivity index (χ3v) is 1.93. The standard InChI is InChI=1S/C8H11NO.ClH/c1-6-2-3-8(10-6)7-4-5-9-7;/h2-3,7,9H,4-5H2,1H3;1H/t7-;/m1./s1. The van der Waals surface area contributed by atoms with Crippen molar-refractivity contribution in [3.05, 3.63) is 23.7 Å². The lowest BCUT2D eigenvalue weighted by Crippen LogP contribution is -2.34. The van der Waals surface area contributed by atoms with Crippen molar-refractivity contribution in [2.45, 2.75) is 19.4 Å². The Labute approximate surface area is 72.4 Å². The molecule has 0 aromatic carbocycles. The van der Waals surface area contributed by atoms with Crippen molar-refractivity contribution in [1.29, 1.82) is 0 Å². The van der Waals surface area contributed by atoms with Gasteiger partial charge in [0, 0.05) is 0 Å². The van der Waals surface area contributed by atoms with Gasteiger partial charge in [-0.25, -0.2) is 0 Å². The first-order chi connectivity index (χ1) is 4.86. The number of furan rings is 1. The first-order valence-corrected chi connectivity index (χ1v) is 3.66. The molecule has 1 saturated heterocycles. The van der Waals surface area contributed by atoms with Crippen LogP contribution in [-0.2, 0) is 0 Å². The summed E-state index contributed by atoms with van der Waals surface area (Å²) in [7, 11) is 0. The highest BCUT2D eigenvalue weighted by Crippen LogP contribution is 2.23. The summed E-state index contributed by atoms with van der Waals surface area (Å²) in [5, 5.41) is 3.28. The Morgan fingerprint density at radius 1 is 1.55 bits per heavy atom. The second-order valence-corrected chi connectivity index (χ2v) is 2.74. The van der Waals surface area contributed by atoms with E-state index in [4.69, 9.17) is 4.42 Å². The zero-order valence-electron chi connectivity index (χ0n) is 6.46. The topological polar surface area (TPSA) is 25.2 Å². The summed E-state index contributed by atoms with van der Waals surface area (Å²) >= 11 is 0. The molecule has 1 aromatic rings. The van der Waals surface area contributed by atoms with E-state index in [1.54, 1.807) is 0 Å². The molecule has 0 spiro atoms. The average Bonchev–Trinajstić information content (AvgIpc) is 2.10. The molecule has 0 amide bonds. The molecule has 1 aromatic heterocycles. The molecule has 0 bridgehead atoms. The molecule has 2 rings (SSSR count). The van der Waals surface area contributed by atoms with Crippen molar-refractivity contribution in [1.82, 2.24) is 5.32 Å². The Balaban J connectivity index is 0.000000605. The SMILES string of the molecule is Cc1ccc([C@H]2CCN2)o1.Cl. The first kappa shape index (κ1) is 8.62. The van der Waals surface area contributed by atoms with Crippen molar-refractivity contribution in [2.75, 3.05) is 6.54 Å². The van der Waals surface area contributed by atoms with Gasteiger partial charge >= 0.3 is 0 Å². The summed E-state index contributed by atoms with van der Waals surface area (Å²) in [6.45, 7) is 3.10. The first-order valence-electron chi connectivity index (χ1n) is 3.66. The predicted molar refractivity (Wildman–Crippen MR) is 46.1 cm³/mol. The predicted octanol–water partition coefficient (Wildman–Crippen LogP) is 2.04.